The van der Waals surface area contributed by atoms with E-state index in [2.05, 4.69) is 12.2 Å². The summed E-state index contributed by atoms with van der Waals surface area (Å²) in [5.41, 5.74) is 0.186. The second kappa shape index (κ2) is 4.89. The Balaban J connectivity index is 1.59. The van der Waals surface area contributed by atoms with Crippen molar-refractivity contribution in [1.29, 1.82) is 0 Å². The molecule has 0 radical (unpaired) electrons. The number of hydrogen-bond acceptors (Lipinski definition) is 2. The molecule has 3 saturated carbocycles. The van der Waals surface area contributed by atoms with E-state index in [4.69, 9.17) is 4.74 Å². The Morgan fingerprint density at radius 1 is 1.12 bits per heavy atom. The molecule has 0 saturated heterocycles. The number of rotatable bonds is 5. The van der Waals surface area contributed by atoms with E-state index in [1.165, 1.54) is 57.8 Å². The molecule has 0 aromatic carbocycles. The molecule has 2 unspecified atom stereocenters. The Bertz CT molecular complexity index is 260. The summed E-state index contributed by atoms with van der Waals surface area (Å²) in [6.07, 6.45) is 12.7. The molecule has 2 nitrogen and oxygen atoms in total. The van der Waals surface area contributed by atoms with Gasteiger partial charge in [0.1, 0.15) is 0 Å². The van der Waals surface area contributed by atoms with Gasteiger partial charge in [-0.3, -0.25) is 0 Å². The van der Waals surface area contributed by atoms with Crippen LogP contribution >= 0.6 is 0 Å². The predicted octanol–water partition coefficient (Wildman–Crippen LogP) is 3.26. The van der Waals surface area contributed by atoms with Gasteiger partial charge in [-0.15, -0.1) is 0 Å². The zero-order valence-electron chi connectivity index (χ0n) is 11.2. The van der Waals surface area contributed by atoms with Gasteiger partial charge in [-0.25, -0.2) is 0 Å². The van der Waals surface area contributed by atoms with Crippen LogP contribution in [0.1, 0.15) is 64.7 Å². The summed E-state index contributed by atoms with van der Waals surface area (Å²) in [5, 5.41) is 3.72. The number of ether oxygens (including phenoxy) is 1. The average molecular weight is 237 g/mol. The minimum atomic E-state index is 0.186. The van der Waals surface area contributed by atoms with E-state index in [1.807, 2.05) is 0 Å². The molecule has 3 fully saturated rings. The van der Waals surface area contributed by atoms with Crippen molar-refractivity contribution in [2.75, 3.05) is 6.54 Å². The van der Waals surface area contributed by atoms with Gasteiger partial charge in [0, 0.05) is 12.6 Å². The molecular formula is C15H27NO. The predicted molar refractivity (Wildman–Crippen MR) is 70.1 cm³/mol. The molecule has 17 heavy (non-hydrogen) atoms. The molecule has 0 amide bonds. The van der Waals surface area contributed by atoms with Crippen molar-refractivity contribution in [3.63, 3.8) is 0 Å². The topological polar surface area (TPSA) is 21.3 Å². The fraction of sp³-hybridized carbons (Fsp3) is 1.00. The van der Waals surface area contributed by atoms with Crippen molar-refractivity contribution in [2.24, 2.45) is 5.92 Å². The maximum Gasteiger partial charge on any atom is 0.0812 e. The molecule has 2 heteroatoms. The third-order valence-corrected chi connectivity index (χ3v) is 4.81. The number of hydrogen-bond donors (Lipinski definition) is 1. The highest BCUT2D eigenvalue weighted by Gasteiger charge is 2.40. The Kier molecular flexibility index (Phi) is 3.45. The molecule has 0 spiro atoms. The molecule has 0 aromatic heterocycles. The first-order valence-corrected chi connectivity index (χ1v) is 7.67. The van der Waals surface area contributed by atoms with Crippen LogP contribution in [0.15, 0.2) is 0 Å². The van der Waals surface area contributed by atoms with Gasteiger partial charge in [0.2, 0.25) is 0 Å². The SMILES string of the molecule is CC1CCCC(CNC2CC2)(OC2CCC2)C1. The van der Waals surface area contributed by atoms with Gasteiger partial charge in [0.05, 0.1) is 11.7 Å². The fourth-order valence-corrected chi connectivity index (χ4v) is 3.38. The molecule has 3 aliphatic carbocycles. The highest BCUT2D eigenvalue weighted by atomic mass is 16.5. The van der Waals surface area contributed by atoms with Crippen LogP contribution in [0.5, 0.6) is 0 Å². The third kappa shape index (κ3) is 3.03. The molecule has 0 bridgehead atoms. The fourth-order valence-electron chi connectivity index (χ4n) is 3.38. The van der Waals surface area contributed by atoms with Gasteiger partial charge in [0.25, 0.3) is 0 Å². The van der Waals surface area contributed by atoms with Gasteiger partial charge in [-0.05, 0) is 50.9 Å². The van der Waals surface area contributed by atoms with Crippen molar-refractivity contribution in [3.05, 3.63) is 0 Å². The van der Waals surface area contributed by atoms with Gasteiger partial charge < -0.3 is 10.1 Å². The maximum atomic E-state index is 6.50. The second-order valence-electron chi connectivity index (χ2n) is 6.71. The van der Waals surface area contributed by atoms with E-state index in [1.54, 1.807) is 0 Å². The van der Waals surface area contributed by atoms with Crippen LogP contribution in [-0.4, -0.2) is 24.3 Å². The summed E-state index contributed by atoms with van der Waals surface area (Å²) in [6.45, 7) is 3.51. The van der Waals surface area contributed by atoms with Crippen molar-refractivity contribution in [3.8, 4) is 0 Å². The smallest absolute Gasteiger partial charge is 0.0812 e. The molecule has 3 rings (SSSR count). The average Bonchev–Trinajstić information content (AvgIpc) is 3.05. The van der Waals surface area contributed by atoms with Crippen molar-refractivity contribution in [2.45, 2.75) is 82.5 Å². The van der Waals surface area contributed by atoms with Crippen molar-refractivity contribution < 1.29 is 4.74 Å². The van der Waals surface area contributed by atoms with Crippen LogP contribution in [0.25, 0.3) is 0 Å². The Labute approximate surface area is 105 Å². The van der Waals surface area contributed by atoms with Crippen molar-refractivity contribution >= 4 is 0 Å². The molecule has 0 aromatic rings. The van der Waals surface area contributed by atoms with Crippen molar-refractivity contribution in [1.82, 2.24) is 5.32 Å². The van der Waals surface area contributed by atoms with E-state index < -0.39 is 0 Å². The Morgan fingerprint density at radius 3 is 2.53 bits per heavy atom. The summed E-state index contributed by atoms with van der Waals surface area (Å²) in [4.78, 5) is 0. The van der Waals surface area contributed by atoms with Crippen LogP contribution in [0.2, 0.25) is 0 Å². The molecule has 0 aliphatic heterocycles. The first kappa shape index (κ1) is 12.0. The quantitative estimate of drug-likeness (QED) is 0.792. The molecular weight excluding hydrogens is 210 g/mol. The highest BCUT2D eigenvalue weighted by molar-refractivity contribution is 4.94. The van der Waals surface area contributed by atoms with Crippen LogP contribution < -0.4 is 5.32 Å². The van der Waals surface area contributed by atoms with Gasteiger partial charge in [-0.2, -0.15) is 0 Å². The highest BCUT2D eigenvalue weighted by Crippen LogP contribution is 2.39. The lowest BCUT2D eigenvalue weighted by Gasteiger charge is -2.44. The van der Waals surface area contributed by atoms with Crippen LogP contribution in [0.4, 0.5) is 0 Å². The monoisotopic (exact) mass is 237 g/mol. The van der Waals surface area contributed by atoms with Gasteiger partial charge in [-0.1, -0.05) is 19.8 Å². The van der Waals surface area contributed by atoms with E-state index >= 15 is 0 Å². The lowest BCUT2D eigenvalue weighted by molar-refractivity contribution is -0.143. The molecule has 3 aliphatic rings. The first-order chi connectivity index (χ1) is 8.26. The largest absolute Gasteiger partial charge is 0.370 e. The Hall–Kier alpha value is -0.0800. The summed E-state index contributed by atoms with van der Waals surface area (Å²) in [7, 11) is 0. The summed E-state index contributed by atoms with van der Waals surface area (Å²) in [6, 6.07) is 0.814. The van der Waals surface area contributed by atoms with Crippen LogP contribution in [0, 0.1) is 5.92 Å². The maximum absolute atomic E-state index is 6.50. The molecule has 2 atom stereocenters. The van der Waals surface area contributed by atoms with E-state index in [9.17, 15) is 0 Å². The van der Waals surface area contributed by atoms with E-state index in [-0.39, 0.29) is 5.60 Å². The molecule has 98 valence electrons. The first-order valence-electron chi connectivity index (χ1n) is 7.67. The third-order valence-electron chi connectivity index (χ3n) is 4.81. The zero-order chi connectivity index (χ0) is 11.7. The summed E-state index contributed by atoms with van der Waals surface area (Å²) in [5.74, 6) is 0.852. The van der Waals surface area contributed by atoms with E-state index in [0.717, 1.165) is 18.5 Å². The molecule has 1 N–H and O–H groups in total. The Morgan fingerprint density at radius 2 is 1.94 bits per heavy atom. The second-order valence-corrected chi connectivity index (χ2v) is 6.71. The lowest BCUT2D eigenvalue weighted by Crippen LogP contribution is -2.50. The lowest BCUT2D eigenvalue weighted by atomic mass is 9.78. The normalized spacial score (nSPS) is 39.0. The zero-order valence-corrected chi connectivity index (χ0v) is 11.2. The van der Waals surface area contributed by atoms with E-state index in [0.29, 0.717) is 6.10 Å². The minimum absolute atomic E-state index is 0.186. The standard InChI is InChI=1S/C15H27NO/c1-12-4-3-9-15(10-12,11-16-13-7-8-13)17-14-5-2-6-14/h12-14,16H,2-11H2,1H3. The summed E-state index contributed by atoms with van der Waals surface area (Å²) < 4.78 is 6.50. The van der Waals surface area contributed by atoms with Crippen LogP contribution in [0.3, 0.4) is 0 Å². The summed E-state index contributed by atoms with van der Waals surface area (Å²) >= 11 is 0. The minimum Gasteiger partial charge on any atom is -0.370 e. The van der Waals surface area contributed by atoms with Gasteiger partial charge in [0.15, 0.2) is 0 Å². The van der Waals surface area contributed by atoms with Gasteiger partial charge >= 0.3 is 0 Å². The number of nitrogens with one attached hydrogen (secondary N) is 1. The van der Waals surface area contributed by atoms with Crippen LogP contribution in [-0.2, 0) is 4.74 Å². The molecule has 0 heterocycles.